The van der Waals surface area contributed by atoms with E-state index in [0.29, 0.717) is 5.82 Å². The standard InChI is InChI=1S/C14H10N6S/c1-2-6-12-11(5-1)13(19-20-9-16-18-14(12)20)17-15-8-10-4-3-7-21-10/h1-9H,(H,17,19)/b15-8+. The van der Waals surface area contributed by atoms with Gasteiger partial charge in [0.05, 0.1) is 6.21 Å². The second-order valence-electron chi connectivity index (χ2n) is 4.38. The summed E-state index contributed by atoms with van der Waals surface area (Å²) >= 11 is 1.63. The quantitative estimate of drug-likeness (QED) is 0.466. The molecule has 0 aliphatic rings. The lowest BCUT2D eigenvalue weighted by Crippen LogP contribution is -2.00. The number of thiophene rings is 1. The van der Waals surface area contributed by atoms with Gasteiger partial charge in [-0.2, -0.15) is 9.62 Å². The third kappa shape index (κ3) is 2.13. The number of rotatable bonds is 3. The maximum atomic E-state index is 4.45. The van der Waals surface area contributed by atoms with Crippen LogP contribution in [-0.4, -0.2) is 26.0 Å². The summed E-state index contributed by atoms with van der Waals surface area (Å²) < 4.78 is 1.64. The number of hydrazone groups is 1. The molecule has 0 unspecified atom stereocenters. The molecule has 102 valence electrons. The summed E-state index contributed by atoms with van der Waals surface area (Å²) in [6, 6.07) is 11.9. The highest BCUT2D eigenvalue weighted by Crippen LogP contribution is 2.23. The molecule has 0 atom stereocenters. The first-order chi connectivity index (χ1) is 10.4. The first-order valence-electron chi connectivity index (χ1n) is 6.33. The molecule has 0 bridgehead atoms. The molecule has 4 rings (SSSR count). The normalized spacial score (nSPS) is 11.6. The van der Waals surface area contributed by atoms with E-state index < -0.39 is 0 Å². The topological polar surface area (TPSA) is 67.5 Å². The van der Waals surface area contributed by atoms with Crippen molar-refractivity contribution in [2.75, 3.05) is 5.43 Å². The fourth-order valence-corrected chi connectivity index (χ4v) is 2.72. The second-order valence-corrected chi connectivity index (χ2v) is 5.36. The van der Waals surface area contributed by atoms with Gasteiger partial charge in [0.15, 0.2) is 11.5 Å². The van der Waals surface area contributed by atoms with E-state index in [2.05, 4.69) is 25.8 Å². The molecule has 4 aromatic rings. The second kappa shape index (κ2) is 4.95. The van der Waals surface area contributed by atoms with E-state index in [9.17, 15) is 0 Å². The van der Waals surface area contributed by atoms with Crippen LogP contribution in [0.1, 0.15) is 4.88 Å². The Hall–Kier alpha value is -2.80. The predicted molar refractivity (Wildman–Crippen MR) is 83.8 cm³/mol. The molecule has 0 fully saturated rings. The van der Waals surface area contributed by atoms with Crippen LogP contribution >= 0.6 is 11.3 Å². The molecule has 0 spiro atoms. The zero-order valence-electron chi connectivity index (χ0n) is 10.8. The lowest BCUT2D eigenvalue weighted by Gasteiger charge is -2.05. The van der Waals surface area contributed by atoms with Crippen molar-refractivity contribution in [3.8, 4) is 0 Å². The lowest BCUT2D eigenvalue weighted by molar-refractivity contribution is 0.934. The van der Waals surface area contributed by atoms with Crippen molar-refractivity contribution in [2.45, 2.75) is 0 Å². The molecule has 0 amide bonds. The first kappa shape index (κ1) is 12.0. The molecular weight excluding hydrogens is 284 g/mol. The molecule has 3 aromatic heterocycles. The minimum atomic E-state index is 0.672. The fraction of sp³-hybridized carbons (Fsp3) is 0. The van der Waals surface area contributed by atoms with Crippen LogP contribution in [0.25, 0.3) is 16.4 Å². The smallest absolute Gasteiger partial charge is 0.185 e. The van der Waals surface area contributed by atoms with Crippen LogP contribution < -0.4 is 5.43 Å². The Kier molecular flexibility index (Phi) is 2.82. The maximum absolute atomic E-state index is 4.45. The van der Waals surface area contributed by atoms with Crippen molar-refractivity contribution >= 4 is 39.8 Å². The molecule has 6 nitrogen and oxygen atoms in total. The highest BCUT2D eigenvalue weighted by atomic mass is 32.1. The van der Waals surface area contributed by atoms with Crippen LogP contribution in [0.15, 0.2) is 53.2 Å². The molecule has 0 aliphatic heterocycles. The van der Waals surface area contributed by atoms with Crippen LogP contribution in [0, 0.1) is 0 Å². The number of nitrogens with one attached hydrogen (secondary N) is 1. The Bertz CT molecular complexity index is 925. The van der Waals surface area contributed by atoms with Crippen LogP contribution in [0.2, 0.25) is 0 Å². The van der Waals surface area contributed by atoms with E-state index in [4.69, 9.17) is 0 Å². The zero-order valence-corrected chi connectivity index (χ0v) is 11.7. The summed E-state index contributed by atoms with van der Waals surface area (Å²) in [5, 5.41) is 20.6. The van der Waals surface area contributed by atoms with Gasteiger partial charge in [-0.1, -0.05) is 30.3 Å². The summed E-state index contributed by atoms with van der Waals surface area (Å²) in [5.74, 6) is 0.672. The van der Waals surface area contributed by atoms with Gasteiger partial charge >= 0.3 is 0 Å². The number of hydrogen-bond acceptors (Lipinski definition) is 6. The highest BCUT2D eigenvalue weighted by Gasteiger charge is 2.08. The number of nitrogens with zero attached hydrogens (tertiary/aromatic N) is 5. The Labute approximate surface area is 123 Å². The van der Waals surface area contributed by atoms with Crippen molar-refractivity contribution < 1.29 is 0 Å². The molecule has 7 heteroatoms. The van der Waals surface area contributed by atoms with E-state index in [1.807, 2.05) is 41.8 Å². The van der Waals surface area contributed by atoms with Crippen LogP contribution in [0.5, 0.6) is 0 Å². The van der Waals surface area contributed by atoms with Crippen molar-refractivity contribution in [1.29, 1.82) is 0 Å². The van der Waals surface area contributed by atoms with Gasteiger partial charge in [0.25, 0.3) is 0 Å². The van der Waals surface area contributed by atoms with Gasteiger partial charge in [-0.05, 0) is 11.4 Å². The van der Waals surface area contributed by atoms with Gasteiger partial charge in [-0.25, -0.2) is 0 Å². The third-order valence-corrected chi connectivity index (χ3v) is 3.87. The van der Waals surface area contributed by atoms with E-state index in [0.717, 1.165) is 21.3 Å². The summed E-state index contributed by atoms with van der Waals surface area (Å²) in [6.07, 6.45) is 3.35. The van der Waals surface area contributed by atoms with Crippen LogP contribution in [0.3, 0.4) is 0 Å². The van der Waals surface area contributed by atoms with Gasteiger partial charge < -0.3 is 0 Å². The Morgan fingerprint density at radius 2 is 2.05 bits per heavy atom. The lowest BCUT2D eigenvalue weighted by atomic mass is 10.2. The van der Waals surface area contributed by atoms with Crippen LogP contribution in [0.4, 0.5) is 5.82 Å². The van der Waals surface area contributed by atoms with Crippen molar-refractivity contribution in [3.63, 3.8) is 0 Å². The SMILES string of the molecule is C(=N\Nc1nn2cnnc2c2ccccc12)/c1cccs1. The molecule has 0 aliphatic carbocycles. The Morgan fingerprint density at radius 1 is 1.14 bits per heavy atom. The summed E-state index contributed by atoms with van der Waals surface area (Å²) in [7, 11) is 0. The van der Waals surface area contributed by atoms with Gasteiger partial charge in [0.2, 0.25) is 0 Å². The fourth-order valence-electron chi connectivity index (χ4n) is 2.13. The number of aromatic nitrogens is 4. The van der Waals surface area contributed by atoms with E-state index in [1.165, 1.54) is 0 Å². The maximum Gasteiger partial charge on any atom is 0.185 e. The van der Waals surface area contributed by atoms with E-state index >= 15 is 0 Å². The van der Waals surface area contributed by atoms with Crippen molar-refractivity contribution in [2.24, 2.45) is 5.10 Å². The van der Waals surface area contributed by atoms with Gasteiger partial charge in [-0.15, -0.1) is 26.6 Å². The Balaban J connectivity index is 1.79. The van der Waals surface area contributed by atoms with Gasteiger partial charge in [0, 0.05) is 15.6 Å². The molecule has 1 N–H and O–H groups in total. The van der Waals surface area contributed by atoms with Gasteiger partial charge in [-0.3, -0.25) is 5.43 Å². The van der Waals surface area contributed by atoms with Crippen LogP contribution in [-0.2, 0) is 0 Å². The number of benzene rings is 1. The number of anilines is 1. The largest absolute Gasteiger partial charge is 0.259 e. The first-order valence-corrected chi connectivity index (χ1v) is 7.21. The van der Waals surface area contributed by atoms with Crippen molar-refractivity contribution in [3.05, 3.63) is 53.0 Å². The Morgan fingerprint density at radius 3 is 2.90 bits per heavy atom. The molecule has 21 heavy (non-hydrogen) atoms. The summed E-state index contributed by atoms with van der Waals surface area (Å²) in [6.45, 7) is 0. The monoisotopic (exact) mass is 294 g/mol. The zero-order chi connectivity index (χ0) is 14.1. The average Bonchev–Trinajstić information content (AvgIpc) is 3.18. The molecule has 0 saturated heterocycles. The molecular formula is C14H10N6S. The van der Waals surface area contributed by atoms with E-state index in [-0.39, 0.29) is 0 Å². The highest BCUT2D eigenvalue weighted by molar-refractivity contribution is 7.11. The minimum absolute atomic E-state index is 0.672. The summed E-state index contributed by atoms with van der Waals surface area (Å²) in [4.78, 5) is 1.08. The molecule has 1 aromatic carbocycles. The predicted octanol–water partition coefficient (Wildman–Crippen LogP) is 2.79. The van der Waals surface area contributed by atoms with Crippen molar-refractivity contribution in [1.82, 2.24) is 19.8 Å². The van der Waals surface area contributed by atoms with E-state index in [1.54, 1.807) is 28.4 Å². The average molecular weight is 294 g/mol. The number of hydrogen-bond donors (Lipinski definition) is 1. The third-order valence-electron chi connectivity index (χ3n) is 3.07. The van der Waals surface area contributed by atoms with Gasteiger partial charge in [0.1, 0.15) is 6.33 Å². The summed E-state index contributed by atoms with van der Waals surface area (Å²) in [5.41, 5.74) is 3.73. The molecule has 0 saturated carbocycles. The number of fused-ring (bicyclic) bond motifs is 3. The molecule has 0 radical (unpaired) electrons. The minimum Gasteiger partial charge on any atom is -0.259 e. The molecule has 3 heterocycles.